The van der Waals surface area contributed by atoms with Crippen molar-refractivity contribution in [3.8, 4) is 11.1 Å². The van der Waals surface area contributed by atoms with E-state index in [9.17, 15) is 9.18 Å². The minimum absolute atomic E-state index is 0.0775. The topological polar surface area (TPSA) is 53.1 Å². The molecule has 2 aromatic rings. The first-order valence-corrected chi connectivity index (χ1v) is 4.77. The number of carboxylic acids is 1. The van der Waals surface area contributed by atoms with Crippen molar-refractivity contribution < 1.29 is 14.3 Å². The Bertz CT molecular complexity index is 546. The van der Waals surface area contributed by atoms with Gasteiger partial charge in [-0.05, 0) is 36.2 Å². The standard InChI is InChI=1S/C12H10FNO2/c1-7-2-3-8(13)6-10(7)9-4-5-14-11(9)12(15)16/h2-6,14H,1H3,(H,15,16). The first-order valence-electron chi connectivity index (χ1n) is 4.77. The minimum Gasteiger partial charge on any atom is -0.477 e. The Labute approximate surface area is 91.5 Å². The third kappa shape index (κ3) is 1.69. The predicted octanol–water partition coefficient (Wildman–Crippen LogP) is 2.83. The number of rotatable bonds is 2. The highest BCUT2D eigenvalue weighted by atomic mass is 19.1. The third-order valence-electron chi connectivity index (χ3n) is 2.45. The van der Waals surface area contributed by atoms with Crippen LogP contribution in [0.25, 0.3) is 11.1 Å². The maximum absolute atomic E-state index is 13.1. The fourth-order valence-corrected chi connectivity index (χ4v) is 1.66. The van der Waals surface area contributed by atoms with Crippen LogP contribution in [0.2, 0.25) is 0 Å². The Morgan fingerprint density at radius 2 is 2.06 bits per heavy atom. The number of aromatic amines is 1. The lowest BCUT2D eigenvalue weighted by Gasteiger charge is -2.05. The average molecular weight is 219 g/mol. The number of nitrogens with one attached hydrogen (secondary N) is 1. The number of H-pyrrole nitrogens is 1. The largest absolute Gasteiger partial charge is 0.477 e. The maximum Gasteiger partial charge on any atom is 0.352 e. The molecule has 0 fully saturated rings. The van der Waals surface area contributed by atoms with Crippen molar-refractivity contribution in [2.45, 2.75) is 6.92 Å². The van der Waals surface area contributed by atoms with Crippen molar-refractivity contribution in [3.05, 3.63) is 47.5 Å². The number of hydrogen-bond donors (Lipinski definition) is 2. The molecule has 2 rings (SSSR count). The lowest BCUT2D eigenvalue weighted by molar-refractivity contribution is 0.0692. The zero-order valence-corrected chi connectivity index (χ0v) is 8.62. The molecule has 4 heteroatoms. The molecule has 0 saturated carbocycles. The first kappa shape index (κ1) is 10.4. The summed E-state index contributed by atoms with van der Waals surface area (Å²) in [5.74, 6) is -1.43. The van der Waals surface area contributed by atoms with Gasteiger partial charge >= 0.3 is 5.97 Å². The summed E-state index contributed by atoms with van der Waals surface area (Å²) < 4.78 is 13.1. The van der Waals surface area contributed by atoms with E-state index in [-0.39, 0.29) is 11.5 Å². The van der Waals surface area contributed by atoms with Gasteiger partial charge in [-0.1, -0.05) is 6.07 Å². The maximum atomic E-state index is 13.1. The van der Waals surface area contributed by atoms with Crippen LogP contribution >= 0.6 is 0 Å². The molecule has 82 valence electrons. The van der Waals surface area contributed by atoms with Gasteiger partial charge in [0.2, 0.25) is 0 Å². The summed E-state index contributed by atoms with van der Waals surface area (Å²) in [4.78, 5) is 13.6. The number of benzene rings is 1. The fourth-order valence-electron chi connectivity index (χ4n) is 1.66. The van der Waals surface area contributed by atoms with Crippen LogP contribution in [0.3, 0.4) is 0 Å². The molecule has 3 nitrogen and oxygen atoms in total. The number of carbonyl (C=O) groups is 1. The van der Waals surface area contributed by atoms with E-state index in [1.54, 1.807) is 12.1 Å². The van der Waals surface area contributed by atoms with Crippen LogP contribution < -0.4 is 0 Å². The van der Waals surface area contributed by atoms with E-state index in [1.807, 2.05) is 6.92 Å². The molecular weight excluding hydrogens is 209 g/mol. The van der Waals surface area contributed by atoms with Crippen LogP contribution in [-0.4, -0.2) is 16.1 Å². The van der Waals surface area contributed by atoms with Crippen molar-refractivity contribution >= 4 is 5.97 Å². The molecule has 0 amide bonds. The molecule has 0 aliphatic rings. The number of hydrogen-bond acceptors (Lipinski definition) is 1. The third-order valence-corrected chi connectivity index (χ3v) is 2.45. The zero-order chi connectivity index (χ0) is 11.7. The van der Waals surface area contributed by atoms with Gasteiger partial charge < -0.3 is 10.1 Å². The molecule has 0 saturated heterocycles. The summed E-state index contributed by atoms with van der Waals surface area (Å²) in [6, 6.07) is 5.95. The fraction of sp³-hybridized carbons (Fsp3) is 0.0833. The highest BCUT2D eigenvalue weighted by Gasteiger charge is 2.14. The average Bonchev–Trinajstić information content (AvgIpc) is 2.70. The van der Waals surface area contributed by atoms with Crippen LogP contribution in [-0.2, 0) is 0 Å². The molecule has 0 aliphatic heterocycles. The number of aromatic carboxylic acids is 1. The highest BCUT2D eigenvalue weighted by Crippen LogP contribution is 2.27. The lowest BCUT2D eigenvalue weighted by Crippen LogP contribution is -1.99. The molecule has 0 unspecified atom stereocenters. The molecule has 0 radical (unpaired) electrons. The van der Waals surface area contributed by atoms with E-state index in [4.69, 9.17) is 5.11 Å². The monoisotopic (exact) mass is 219 g/mol. The van der Waals surface area contributed by atoms with Gasteiger partial charge in [-0.3, -0.25) is 0 Å². The lowest BCUT2D eigenvalue weighted by atomic mass is 10.0. The Hall–Kier alpha value is -2.10. The van der Waals surface area contributed by atoms with Crippen molar-refractivity contribution in [1.82, 2.24) is 4.98 Å². The molecule has 0 aliphatic carbocycles. The van der Waals surface area contributed by atoms with Gasteiger partial charge in [-0.25, -0.2) is 9.18 Å². The summed E-state index contributed by atoms with van der Waals surface area (Å²) in [6.45, 7) is 1.81. The first-order chi connectivity index (χ1) is 7.59. The second-order valence-electron chi connectivity index (χ2n) is 3.53. The highest BCUT2D eigenvalue weighted by molar-refractivity contribution is 5.94. The molecule has 16 heavy (non-hydrogen) atoms. The Morgan fingerprint density at radius 1 is 1.31 bits per heavy atom. The summed E-state index contributed by atoms with van der Waals surface area (Å²) in [6.07, 6.45) is 1.53. The zero-order valence-electron chi connectivity index (χ0n) is 8.62. The van der Waals surface area contributed by atoms with E-state index < -0.39 is 5.97 Å². The van der Waals surface area contributed by atoms with Gasteiger partial charge in [0.1, 0.15) is 11.5 Å². The Kier molecular flexibility index (Phi) is 2.48. The molecule has 0 bridgehead atoms. The van der Waals surface area contributed by atoms with Crippen LogP contribution in [0, 0.1) is 12.7 Å². The van der Waals surface area contributed by atoms with Crippen LogP contribution in [0.5, 0.6) is 0 Å². The molecular formula is C12H10FNO2. The van der Waals surface area contributed by atoms with E-state index in [0.717, 1.165) is 5.56 Å². The number of aryl methyl sites for hydroxylation is 1. The second kappa shape index (κ2) is 3.81. The summed E-state index contributed by atoms with van der Waals surface area (Å²) in [5, 5.41) is 8.95. The van der Waals surface area contributed by atoms with E-state index >= 15 is 0 Å². The van der Waals surface area contributed by atoms with Crippen molar-refractivity contribution in [3.63, 3.8) is 0 Å². The van der Waals surface area contributed by atoms with Gasteiger partial charge in [0.05, 0.1) is 0 Å². The smallest absolute Gasteiger partial charge is 0.352 e. The van der Waals surface area contributed by atoms with Crippen LogP contribution in [0.15, 0.2) is 30.5 Å². The normalized spacial score (nSPS) is 10.4. The van der Waals surface area contributed by atoms with Gasteiger partial charge in [0.15, 0.2) is 0 Å². The minimum atomic E-state index is -1.05. The van der Waals surface area contributed by atoms with Crippen molar-refractivity contribution in [1.29, 1.82) is 0 Å². The second-order valence-corrected chi connectivity index (χ2v) is 3.53. The summed E-state index contributed by atoms with van der Waals surface area (Å²) in [7, 11) is 0. The molecule has 1 aromatic carbocycles. The quantitative estimate of drug-likeness (QED) is 0.815. The Morgan fingerprint density at radius 3 is 2.75 bits per heavy atom. The molecule has 1 aromatic heterocycles. The molecule has 0 spiro atoms. The molecule has 2 N–H and O–H groups in total. The summed E-state index contributed by atoms with van der Waals surface area (Å²) >= 11 is 0. The van der Waals surface area contributed by atoms with Gasteiger partial charge in [0, 0.05) is 11.8 Å². The van der Waals surface area contributed by atoms with Crippen molar-refractivity contribution in [2.24, 2.45) is 0 Å². The molecule has 1 heterocycles. The van der Waals surface area contributed by atoms with Crippen molar-refractivity contribution in [2.75, 3.05) is 0 Å². The predicted molar refractivity (Wildman–Crippen MR) is 57.9 cm³/mol. The number of halogens is 1. The number of carboxylic acid groups (broad SMARTS) is 1. The van der Waals surface area contributed by atoms with Gasteiger partial charge in [-0.2, -0.15) is 0 Å². The van der Waals surface area contributed by atoms with E-state index in [2.05, 4.69) is 4.98 Å². The van der Waals surface area contributed by atoms with Crippen LogP contribution in [0.4, 0.5) is 4.39 Å². The molecule has 0 atom stereocenters. The van der Waals surface area contributed by atoms with Gasteiger partial charge in [-0.15, -0.1) is 0 Å². The Balaban J connectivity index is 2.62. The number of aromatic nitrogens is 1. The summed E-state index contributed by atoms with van der Waals surface area (Å²) in [5.41, 5.74) is 2.01. The SMILES string of the molecule is Cc1ccc(F)cc1-c1cc[nH]c1C(=O)O. The van der Waals surface area contributed by atoms with Crippen LogP contribution in [0.1, 0.15) is 16.1 Å². The van der Waals surface area contributed by atoms with E-state index in [0.29, 0.717) is 11.1 Å². The van der Waals surface area contributed by atoms with E-state index in [1.165, 1.54) is 18.3 Å². The van der Waals surface area contributed by atoms with Gasteiger partial charge in [0.25, 0.3) is 0 Å².